The number of fused-ring (bicyclic) bond motifs is 2. The van der Waals surface area contributed by atoms with Crippen molar-refractivity contribution in [2.75, 3.05) is 19.7 Å². The Morgan fingerprint density at radius 2 is 2.00 bits per heavy atom. The number of rotatable bonds is 5. The Kier molecular flexibility index (Phi) is 4.38. The molecule has 2 saturated carbocycles. The maximum Gasteiger partial charge on any atom is 0.222 e. The van der Waals surface area contributed by atoms with Gasteiger partial charge in [-0.25, -0.2) is 0 Å². The minimum Gasteiger partial charge on any atom is -0.378 e. The summed E-state index contributed by atoms with van der Waals surface area (Å²) in [6.45, 7) is 2.67. The average Bonchev–Trinajstić information content (AvgIpc) is 3.02. The molecule has 1 heterocycles. The fourth-order valence-electron chi connectivity index (χ4n) is 3.98. The van der Waals surface area contributed by atoms with Crippen molar-refractivity contribution in [2.45, 2.75) is 57.1 Å². The van der Waals surface area contributed by atoms with Gasteiger partial charge < -0.3 is 15.4 Å². The summed E-state index contributed by atoms with van der Waals surface area (Å²) in [5.41, 5.74) is 0. The molecule has 1 amide bonds. The van der Waals surface area contributed by atoms with Gasteiger partial charge in [0, 0.05) is 12.5 Å². The summed E-state index contributed by atoms with van der Waals surface area (Å²) in [6, 6.07) is 0.463. The van der Waals surface area contributed by atoms with E-state index in [0.717, 1.165) is 37.8 Å². The van der Waals surface area contributed by atoms with E-state index in [1.165, 1.54) is 25.7 Å². The standard InChI is InChI=1S/C15H26N2O2/c18-15(5-8-19-13-3-6-16-7-4-13)17-14-10-11-1-2-12(14)9-11/h11-14,16H,1-10H2,(H,17,18). The van der Waals surface area contributed by atoms with Crippen LogP contribution in [0.2, 0.25) is 0 Å². The van der Waals surface area contributed by atoms with E-state index >= 15 is 0 Å². The molecule has 2 bridgehead atoms. The molecule has 4 heteroatoms. The molecule has 1 saturated heterocycles. The molecule has 2 aliphatic carbocycles. The summed E-state index contributed by atoms with van der Waals surface area (Å²) in [7, 11) is 0. The first-order chi connectivity index (χ1) is 9.31. The van der Waals surface area contributed by atoms with Crippen molar-refractivity contribution in [3.05, 3.63) is 0 Å². The lowest BCUT2D eigenvalue weighted by Gasteiger charge is -2.24. The van der Waals surface area contributed by atoms with E-state index in [0.29, 0.717) is 25.2 Å². The van der Waals surface area contributed by atoms with Crippen LogP contribution in [0.1, 0.15) is 44.9 Å². The van der Waals surface area contributed by atoms with E-state index < -0.39 is 0 Å². The largest absolute Gasteiger partial charge is 0.378 e. The molecule has 1 aliphatic heterocycles. The second-order valence-corrected chi connectivity index (χ2v) is 6.42. The van der Waals surface area contributed by atoms with Gasteiger partial charge in [-0.2, -0.15) is 0 Å². The maximum atomic E-state index is 11.9. The van der Waals surface area contributed by atoms with Crippen molar-refractivity contribution in [3.63, 3.8) is 0 Å². The Morgan fingerprint density at radius 1 is 1.16 bits per heavy atom. The van der Waals surface area contributed by atoms with Crippen LogP contribution in [-0.2, 0) is 9.53 Å². The minimum atomic E-state index is 0.187. The summed E-state index contributed by atoms with van der Waals surface area (Å²) < 4.78 is 5.78. The van der Waals surface area contributed by atoms with E-state index in [1.807, 2.05) is 0 Å². The summed E-state index contributed by atoms with van der Waals surface area (Å²) in [6.07, 6.45) is 8.30. The maximum absolute atomic E-state index is 11.9. The molecule has 0 aromatic carbocycles. The number of amides is 1. The van der Waals surface area contributed by atoms with Gasteiger partial charge in [-0.05, 0) is 57.0 Å². The van der Waals surface area contributed by atoms with E-state index in [4.69, 9.17) is 4.74 Å². The molecule has 3 rings (SSSR count). The fraction of sp³-hybridized carbons (Fsp3) is 0.933. The van der Waals surface area contributed by atoms with Crippen LogP contribution >= 0.6 is 0 Å². The van der Waals surface area contributed by atoms with E-state index in [-0.39, 0.29) is 5.91 Å². The molecular weight excluding hydrogens is 240 g/mol. The van der Waals surface area contributed by atoms with Gasteiger partial charge in [0.2, 0.25) is 5.91 Å². The van der Waals surface area contributed by atoms with Crippen molar-refractivity contribution in [1.29, 1.82) is 0 Å². The molecule has 2 N–H and O–H groups in total. The lowest BCUT2D eigenvalue weighted by molar-refractivity contribution is -0.123. The Balaban J connectivity index is 1.31. The van der Waals surface area contributed by atoms with Crippen LogP contribution in [-0.4, -0.2) is 37.7 Å². The van der Waals surface area contributed by atoms with Crippen molar-refractivity contribution in [3.8, 4) is 0 Å². The number of carbonyl (C=O) groups excluding carboxylic acids is 1. The highest BCUT2D eigenvalue weighted by molar-refractivity contribution is 5.76. The number of carbonyl (C=O) groups is 1. The summed E-state index contributed by atoms with van der Waals surface area (Å²) in [5.74, 6) is 1.84. The first kappa shape index (κ1) is 13.4. The second-order valence-electron chi connectivity index (χ2n) is 6.42. The smallest absolute Gasteiger partial charge is 0.222 e. The number of hydrogen-bond acceptors (Lipinski definition) is 3. The average molecular weight is 266 g/mol. The van der Waals surface area contributed by atoms with Crippen molar-refractivity contribution < 1.29 is 9.53 Å². The predicted octanol–water partition coefficient (Wildman–Crippen LogP) is 1.45. The van der Waals surface area contributed by atoms with E-state index in [2.05, 4.69) is 10.6 Å². The molecular formula is C15H26N2O2. The van der Waals surface area contributed by atoms with Crippen molar-refractivity contribution in [2.24, 2.45) is 11.8 Å². The molecule has 3 fully saturated rings. The first-order valence-corrected chi connectivity index (χ1v) is 7.93. The molecule has 3 atom stereocenters. The molecule has 0 spiro atoms. The molecule has 108 valence electrons. The second kappa shape index (κ2) is 6.23. The monoisotopic (exact) mass is 266 g/mol. The summed E-state index contributed by atoms with van der Waals surface area (Å²) in [5, 5.41) is 6.54. The predicted molar refractivity (Wildman–Crippen MR) is 73.8 cm³/mol. The van der Waals surface area contributed by atoms with Gasteiger partial charge in [0.05, 0.1) is 12.7 Å². The quantitative estimate of drug-likeness (QED) is 0.792. The third kappa shape index (κ3) is 3.48. The number of ether oxygens (including phenoxy) is 1. The highest BCUT2D eigenvalue weighted by Gasteiger charge is 2.39. The van der Waals surface area contributed by atoms with E-state index in [9.17, 15) is 4.79 Å². The zero-order valence-corrected chi connectivity index (χ0v) is 11.7. The van der Waals surface area contributed by atoms with Gasteiger partial charge in [-0.3, -0.25) is 4.79 Å². The minimum absolute atomic E-state index is 0.187. The topological polar surface area (TPSA) is 50.4 Å². The SMILES string of the molecule is O=C(CCOC1CCNCC1)NC1CC2CCC1C2. The third-order valence-corrected chi connectivity index (χ3v) is 5.05. The highest BCUT2D eigenvalue weighted by atomic mass is 16.5. The molecule has 3 aliphatic rings. The van der Waals surface area contributed by atoms with Crippen LogP contribution in [0.3, 0.4) is 0 Å². The fourth-order valence-corrected chi connectivity index (χ4v) is 3.98. The molecule has 3 unspecified atom stereocenters. The zero-order chi connectivity index (χ0) is 13.1. The van der Waals surface area contributed by atoms with Gasteiger partial charge in [0.25, 0.3) is 0 Å². The molecule has 0 aromatic heterocycles. The third-order valence-electron chi connectivity index (χ3n) is 5.05. The van der Waals surface area contributed by atoms with Crippen molar-refractivity contribution in [1.82, 2.24) is 10.6 Å². The van der Waals surface area contributed by atoms with Crippen LogP contribution in [0.4, 0.5) is 0 Å². The lowest BCUT2D eigenvalue weighted by atomic mass is 9.95. The molecule has 0 aromatic rings. The van der Waals surface area contributed by atoms with Gasteiger partial charge in [-0.1, -0.05) is 6.42 Å². The van der Waals surface area contributed by atoms with Crippen molar-refractivity contribution >= 4 is 5.91 Å². The normalized spacial score (nSPS) is 34.6. The highest BCUT2D eigenvalue weighted by Crippen LogP contribution is 2.44. The Labute approximate surface area is 115 Å². The Bertz CT molecular complexity index is 315. The van der Waals surface area contributed by atoms with Gasteiger partial charge in [0.1, 0.15) is 0 Å². The number of hydrogen-bond donors (Lipinski definition) is 2. The Hall–Kier alpha value is -0.610. The summed E-state index contributed by atoms with van der Waals surface area (Å²) in [4.78, 5) is 11.9. The van der Waals surface area contributed by atoms with Crippen LogP contribution in [0.25, 0.3) is 0 Å². The number of piperidine rings is 1. The van der Waals surface area contributed by atoms with Gasteiger partial charge >= 0.3 is 0 Å². The van der Waals surface area contributed by atoms with Crippen LogP contribution < -0.4 is 10.6 Å². The zero-order valence-electron chi connectivity index (χ0n) is 11.7. The van der Waals surface area contributed by atoms with Crippen LogP contribution in [0, 0.1) is 11.8 Å². The van der Waals surface area contributed by atoms with Gasteiger partial charge in [-0.15, -0.1) is 0 Å². The summed E-state index contributed by atoms with van der Waals surface area (Å²) >= 11 is 0. The Morgan fingerprint density at radius 3 is 2.68 bits per heavy atom. The molecule has 0 radical (unpaired) electrons. The van der Waals surface area contributed by atoms with Crippen LogP contribution in [0.5, 0.6) is 0 Å². The van der Waals surface area contributed by atoms with Crippen LogP contribution in [0.15, 0.2) is 0 Å². The number of nitrogens with one attached hydrogen (secondary N) is 2. The van der Waals surface area contributed by atoms with E-state index in [1.54, 1.807) is 0 Å². The van der Waals surface area contributed by atoms with Gasteiger partial charge in [0.15, 0.2) is 0 Å². The molecule has 4 nitrogen and oxygen atoms in total. The lowest BCUT2D eigenvalue weighted by Crippen LogP contribution is -2.39. The molecule has 19 heavy (non-hydrogen) atoms. The first-order valence-electron chi connectivity index (χ1n) is 7.93.